The Labute approximate surface area is 167 Å². The van der Waals surface area contributed by atoms with Gasteiger partial charge in [-0.25, -0.2) is 4.79 Å². The molecule has 3 aromatic rings. The number of amides is 2. The molecule has 1 aromatic heterocycles. The van der Waals surface area contributed by atoms with Crippen molar-refractivity contribution in [2.24, 2.45) is 0 Å². The minimum Gasteiger partial charge on any atom is -0.452 e. The number of benzene rings is 2. The van der Waals surface area contributed by atoms with Gasteiger partial charge in [0.15, 0.2) is 6.61 Å². The summed E-state index contributed by atoms with van der Waals surface area (Å²) in [6.45, 7) is 0.260. The number of hydrogen-bond donors (Lipinski definition) is 1. The van der Waals surface area contributed by atoms with Crippen molar-refractivity contribution in [3.8, 4) is 0 Å². The number of fused-ring (bicyclic) bond motifs is 1. The molecule has 146 valence electrons. The number of nitrogens with zero attached hydrogens (tertiary/aromatic N) is 2. The molecule has 1 aliphatic rings. The van der Waals surface area contributed by atoms with Gasteiger partial charge < -0.3 is 15.0 Å². The topological polar surface area (TPSA) is 88.6 Å². The van der Waals surface area contributed by atoms with Crippen LogP contribution in [0.1, 0.15) is 23.2 Å². The van der Waals surface area contributed by atoms with E-state index in [1.165, 1.54) is 0 Å². The summed E-state index contributed by atoms with van der Waals surface area (Å²) in [6, 6.07) is 15.7. The molecular formula is C22H19N3O4. The Morgan fingerprint density at radius 2 is 1.97 bits per heavy atom. The van der Waals surface area contributed by atoms with Crippen LogP contribution in [0.4, 0.5) is 11.4 Å². The first-order chi connectivity index (χ1) is 14.1. The van der Waals surface area contributed by atoms with Gasteiger partial charge in [-0.3, -0.25) is 14.6 Å². The largest absolute Gasteiger partial charge is 0.452 e. The monoisotopic (exact) mass is 389 g/mol. The molecule has 1 fully saturated rings. The van der Waals surface area contributed by atoms with Crippen LogP contribution < -0.4 is 10.2 Å². The molecule has 0 radical (unpaired) electrons. The fourth-order valence-electron chi connectivity index (χ4n) is 3.36. The van der Waals surface area contributed by atoms with E-state index < -0.39 is 18.5 Å². The van der Waals surface area contributed by atoms with Crippen molar-refractivity contribution in [1.29, 1.82) is 0 Å². The first kappa shape index (κ1) is 18.6. The van der Waals surface area contributed by atoms with E-state index in [2.05, 4.69) is 10.3 Å². The summed E-state index contributed by atoms with van der Waals surface area (Å²) in [5.41, 5.74) is 2.32. The second-order valence-electron chi connectivity index (χ2n) is 6.70. The maximum Gasteiger partial charge on any atom is 0.339 e. The minimum absolute atomic E-state index is 0.0759. The fraction of sp³-hybridized carbons (Fsp3) is 0.182. The van der Waals surface area contributed by atoms with Crippen LogP contribution >= 0.6 is 0 Å². The summed E-state index contributed by atoms with van der Waals surface area (Å²) in [5, 5.41) is 3.37. The molecule has 0 spiro atoms. The van der Waals surface area contributed by atoms with Gasteiger partial charge in [-0.05, 0) is 42.8 Å². The van der Waals surface area contributed by atoms with Crippen LogP contribution in [-0.4, -0.2) is 35.9 Å². The summed E-state index contributed by atoms with van der Waals surface area (Å²) in [5.74, 6) is -0.969. The lowest BCUT2D eigenvalue weighted by molar-refractivity contribution is -0.119. The Morgan fingerprint density at radius 1 is 1.10 bits per heavy atom. The van der Waals surface area contributed by atoms with Crippen molar-refractivity contribution in [2.45, 2.75) is 12.8 Å². The third-order valence-corrected chi connectivity index (χ3v) is 4.71. The molecule has 0 saturated carbocycles. The van der Waals surface area contributed by atoms with Crippen LogP contribution in [0, 0.1) is 0 Å². The molecule has 0 unspecified atom stereocenters. The minimum atomic E-state index is -0.588. The quantitative estimate of drug-likeness (QED) is 0.677. The number of carbonyl (C=O) groups excluding carboxylic acids is 3. The Kier molecular flexibility index (Phi) is 5.20. The molecule has 0 atom stereocenters. The molecule has 7 nitrogen and oxygen atoms in total. The zero-order chi connectivity index (χ0) is 20.2. The predicted octanol–water partition coefficient (Wildman–Crippen LogP) is 3.16. The summed E-state index contributed by atoms with van der Waals surface area (Å²) in [7, 11) is 0. The van der Waals surface area contributed by atoms with E-state index in [0.29, 0.717) is 35.1 Å². The Hall–Kier alpha value is -3.74. The zero-order valence-corrected chi connectivity index (χ0v) is 15.6. The first-order valence-electron chi connectivity index (χ1n) is 9.33. The number of carbonyl (C=O) groups is 3. The summed E-state index contributed by atoms with van der Waals surface area (Å²) < 4.78 is 5.17. The van der Waals surface area contributed by atoms with E-state index in [0.717, 1.165) is 12.1 Å². The number of ether oxygens (including phenoxy) is 1. The first-order valence-corrected chi connectivity index (χ1v) is 9.33. The van der Waals surface area contributed by atoms with Crippen LogP contribution in [0.3, 0.4) is 0 Å². The van der Waals surface area contributed by atoms with Crippen LogP contribution in [0.5, 0.6) is 0 Å². The number of hydrogen-bond acceptors (Lipinski definition) is 5. The van der Waals surface area contributed by atoms with Gasteiger partial charge in [0.05, 0.1) is 11.1 Å². The second-order valence-corrected chi connectivity index (χ2v) is 6.70. The standard InChI is InChI=1S/C22H19N3O4/c26-20(24-15-5-1-6-16(13-15)25-12-4-10-21(25)27)14-29-22(28)18-7-2-9-19-17(18)8-3-11-23-19/h1-3,5-9,11,13H,4,10,12,14H2,(H,24,26). The van der Waals surface area contributed by atoms with E-state index in [1.54, 1.807) is 59.6 Å². The second kappa shape index (κ2) is 8.10. The van der Waals surface area contributed by atoms with E-state index in [4.69, 9.17) is 4.74 Å². The van der Waals surface area contributed by atoms with E-state index >= 15 is 0 Å². The SMILES string of the molecule is O=C(COC(=O)c1cccc2ncccc12)Nc1cccc(N2CCCC2=O)c1. The number of nitrogens with one attached hydrogen (secondary N) is 1. The molecule has 1 N–H and O–H groups in total. The number of rotatable bonds is 5. The lowest BCUT2D eigenvalue weighted by Crippen LogP contribution is -2.24. The van der Waals surface area contributed by atoms with Gasteiger partial charge in [0.1, 0.15) is 0 Å². The maximum absolute atomic E-state index is 12.4. The van der Waals surface area contributed by atoms with E-state index in [1.807, 2.05) is 6.07 Å². The number of anilines is 2. The number of esters is 1. The Balaban J connectivity index is 1.39. The highest BCUT2D eigenvalue weighted by molar-refractivity contribution is 6.04. The fourth-order valence-corrected chi connectivity index (χ4v) is 3.36. The summed E-state index contributed by atoms with van der Waals surface area (Å²) in [4.78, 5) is 42.4. The highest BCUT2D eigenvalue weighted by Gasteiger charge is 2.22. The lowest BCUT2D eigenvalue weighted by Gasteiger charge is -2.16. The molecule has 0 bridgehead atoms. The molecule has 2 amide bonds. The smallest absolute Gasteiger partial charge is 0.339 e. The molecule has 0 aliphatic carbocycles. The van der Waals surface area contributed by atoms with Crippen LogP contribution in [0.15, 0.2) is 60.8 Å². The van der Waals surface area contributed by atoms with Crippen molar-refractivity contribution in [3.63, 3.8) is 0 Å². The molecule has 2 aromatic carbocycles. The molecule has 7 heteroatoms. The van der Waals surface area contributed by atoms with Crippen molar-refractivity contribution >= 4 is 40.1 Å². The van der Waals surface area contributed by atoms with Crippen molar-refractivity contribution in [3.05, 3.63) is 66.4 Å². The van der Waals surface area contributed by atoms with Gasteiger partial charge in [-0.15, -0.1) is 0 Å². The number of aromatic nitrogens is 1. The highest BCUT2D eigenvalue weighted by Crippen LogP contribution is 2.24. The van der Waals surface area contributed by atoms with Crippen LogP contribution in [0.25, 0.3) is 10.9 Å². The van der Waals surface area contributed by atoms with Gasteiger partial charge in [0.2, 0.25) is 5.91 Å². The van der Waals surface area contributed by atoms with Gasteiger partial charge in [-0.1, -0.05) is 18.2 Å². The van der Waals surface area contributed by atoms with Crippen molar-refractivity contribution < 1.29 is 19.1 Å². The van der Waals surface area contributed by atoms with Gasteiger partial charge in [0.25, 0.3) is 5.91 Å². The molecular weight excluding hydrogens is 370 g/mol. The Morgan fingerprint density at radius 3 is 2.79 bits per heavy atom. The third-order valence-electron chi connectivity index (χ3n) is 4.71. The van der Waals surface area contributed by atoms with E-state index in [9.17, 15) is 14.4 Å². The van der Waals surface area contributed by atoms with Gasteiger partial charge in [0, 0.05) is 35.9 Å². The van der Waals surface area contributed by atoms with Gasteiger partial charge >= 0.3 is 5.97 Å². The molecule has 1 aliphatic heterocycles. The van der Waals surface area contributed by atoms with Crippen molar-refractivity contribution in [2.75, 3.05) is 23.4 Å². The predicted molar refractivity (Wildman–Crippen MR) is 109 cm³/mol. The maximum atomic E-state index is 12.4. The highest BCUT2D eigenvalue weighted by atomic mass is 16.5. The summed E-state index contributed by atoms with van der Waals surface area (Å²) >= 11 is 0. The van der Waals surface area contributed by atoms with Gasteiger partial charge in [-0.2, -0.15) is 0 Å². The third kappa shape index (κ3) is 4.08. The van der Waals surface area contributed by atoms with E-state index in [-0.39, 0.29) is 5.91 Å². The van der Waals surface area contributed by atoms with Crippen molar-refractivity contribution in [1.82, 2.24) is 4.98 Å². The van der Waals surface area contributed by atoms with Crippen LogP contribution in [-0.2, 0) is 14.3 Å². The number of pyridine rings is 1. The molecule has 29 heavy (non-hydrogen) atoms. The van der Waals surface area contributed by atoms with Crippen LogP contribution in [0.2, 0.25) is 0 Å². The average molecular weight is 389 g/mol. The Bertz CT molecular complexity index is 1090. The lowest BCUT2D eigenvalue weighted by atomic mass is 10.1. The molecule has 1 saturated heterocycles. The molecule has 2 heterocycles. The zero-order valence-electron chi connectivity index (χ0n) is 15.6. The normalized spacial score (nSPS) is 13.5. The molecule has 4 rings (SSSR count). The summed E-state index contributed by atoms with van der Waals surface area (Å²) in [6.07, 6.45) is 3.01. The average Bonchev–Trinajstić information content (AvgIpc) is 3.17.